The van der Waals surface area contributed by atoms with Gasteiger partial charge < -0.3 is 0 Å². The Kier molecular flexibility index (Phi) is 3.66. The highest BCUT2D eigenvalue weighted by molar-refractivity contribution is 5.98. The maximum Gasteiger partial charge on any atom is 0.266 e. The molecule has 0 saturated heterocycles. The molecule has 0 spiro atoms. The molecule has 0 saturated carbocycles. The number of aryl methyl sites for hydroxylation is 2. The summed E-state index contributed by atoms with van der Waals surface area (Å²) in [5.41, 5.74) is 0.0426. The summed E-state index contributed by atoms with van der Waals surface area (Å²) in [5.74, 6) is 0. The Balaban J connectivity index is 1.86. The summed E-state index contributed by atoms with van der Waals surface area (Å²) in [6.45, 7) is 3.60. The highest BCUT2D eigenvalue weighted by Crippen LogP contribution is 2.17. The van der Waals surface area contributed by atoms with Gasteiger partial charge in [0.05, 0.1) is 45.3 Å². The molecule has 1 aromatic carbocycles. The van der Waals surface area contributed by atoms with Crippen molar-refractivity contribution < 1.29 is 0 Å². The van der Waals surface area contributed by atoms with Crippen molar-refractivity contribution in [2.75, 3.05) is 0 Å². The van der Waals surface area contributed by atoms with Crippen molar-refractivity contribution in [2.24, 2.45) is 0 Å². The molecule has 0 amide bonds. The SMILES string of the molecule is Cc1cncc(-n2c(=O)c3cc4c(=O)n(-c5cncc(C)c5)c(=O)c4cc3c2=O)c1. The number of nitrogens with zero attached hydrogens (tertiary/aromatic N) is 4. The van der Waals surface area contributed by atoms with E-state index in [1.807, 2.05) is 0 Å². The second-order valence-corrected chi connectivity index (χ2v) is 7.28. The predicted octanol–water partition coefficient (Wildman–Crippen LogP) is 1.30. The first-order valence-electron chi connectivity index (χ1n) is 9.16. The highest BCUT2D eigenvalue weighted by atomic mass is 16.2. The van der Waals surface area contributed by atoms with Crippen LogP contribution in [-0.4, -0.2) is 19.1 Å². The normalized spacial score (nSPS) is 11.5. The van der Waals surface area contributed by atoms with Gasteiger partial charge in [-0.25, -0.2) is 9.13 Å². The zero-order valence-electron chi connectivity index (χ0n) is 16.0. The van der Waals surface area contributed by atoms with Gasteiger partial charge in [-0.2, -0.15) is 0 Å². The zero-order chi connectivity index (χ0) is 21.2. The van der Waals surface area contributed by atoms with E-state index in [4.69, 9.17) is 0 Å². The van der Waals surface area contributed by atoms with Gasteiger partial charge in [-0.15, -0.1) is 0 Å². The quantitative estimate of drug-likeness (QED) is 0.444. The first-order chi connectivity index (χ1) is 14.4. The van der Waals surface area contributed by atoms with Crippen molar-refractivity contribution in [1.29, 1.82) is 0 Å². The fourth-order valence-corrected chi connectivity index (χ4v) is 3.77. The van der Waals surface area contributed by atoms with Crippen molar-refractivity contribution >= 4 is 21.5 Å². The molecule has 0 aliphatic carbocycles. The second-order valence-electron chi connectivity index (χ2n) is 7.28. The highest BCUT2D eigenvalue weighted by Gasteiger charge is 2.21. The number of hydrogen-bond acceptors (Lipinski definition) is 6. The minimum atomic E-state index is -0.555. The van der Waals surface area contributed by atoms with E-state index >= 15 is 0 Å². The topological polar surface area (TPSA) is 104 Å². The Morgan fingerprint density at radius 2 is 0.867 bits per heavy atom. The fourth-order valence-electron chi connectivity index (χ4n) is 3.77. The minimum Gasteiger partial charge on any atom is -0.268 e. The largest absolute Gasteiger partial charge is 0.268 e. The van der Waals surface area contributed by atoms with Crippen LogP contribution in [0.25, 0.3) is 32.9 Å². The molecule has 4 heterocycles. The van der Waals surface area contributed by atoms with Crippen LogP contribution in [0.1, 0.15) is 11.1 Å². The standard InChI is InChI=1S/C22H14N4O4/c1-11-3-13(9-23-7-11)25-19(27)15-5-17-18(6-16(15)20(25)28)22(30)26(21(17)29)14-4-12(2)8-24-10-14/h3-10H,1-2H3. The van der Waals surface area contributed by atoms with E-state index < -0.39 is 22.2 Å². The van der Waals surface area contributed by atoms with Crippen LogP contribution in [0.5, 0.6) is 0 Å². The van der Waals surface area contributed by atoms with Crippen LogP contribution in [0.2, 0.25) is 0 Å². The Morgan fingerprint density at radius 1 is 0.533 bits per heavy atom. The summed E-state index contributed by atoms with van der Waals surface area (Å²) >= 11 is 0. The molecule has 0 atom stereocenters. The summed E-state index contributed by atoms with van der Waals surface area (Å²) in [7, 11) is 0. The van der Waals surface area contributed by atoms with E-state index in [0.717, 1.165) is 20.3 Å². The molecule has 0 aliphatic heterocycles. The molecule has 8 heteroatoms. The van der Waals surface area contributed by atoms with Gasteiger partial charge in [0.15, 0.2) is 0 Å². The molecular formula is C22H14N4O4. The lowest BCUT2D eigenvalue weighted by Gasteiger charge is -2.00. The van der Waals surface area contributed by atoms with Gasteiger partial charge in [-0.1, -0.05) is 0 Å². The summed E-state index contributed by atoms with van der Waals surface area (Å²) < 4.78 is 2.02. The smallest absolute Gasteiger partial charge is 0.266 e. The van der Waals surface area contributed by atoms with Crippen LogP contribution in [-0.2, 0) is 0 Å². The van der Waals surface area contributed by atoms with Gasteiger partial charge in [-0.3, -0.25) is 29.1 Å². The molecule has 0 bridgehead atoms. The summed E-state index contributed by atoms with van der Waals surface area (Å²) in [4.78, 5) is 59.9. The van der Waals surface area contributed by atoms with Crippen molar-refractivity contribution in [1.82, 2.24) is 19.1 Å². The zero-order valence-corrected chi connectivity index (χ0v) is 16.0. The Labute approximate surface area is 168 Å². The van der Waals surface area contributed by atoms with Crippen LogP contribution in [0.3, 0.4) is 0 Å². The van der Waals surface area contributed by atoms with Crippen LogP contribution >= 0.6 is 0 Å². The molecule has 8 nitrogen and oxygen atoms in total. The van der Waals surface area contributed by atoms with E-state index in [9.17, 15) is 19.2 Å². The van der Waals surface area contributed by atoms with E-state index in [1.54, 1.807) is 38.4 Å². The van der Waals surface area contributed by atoms with Crippen molar-refractivity contribution in [2.45, 2.75) is 13.8 Å². The molecule has 0 fully saturated rings. The van der Waals surface area contributed by atoms with Gasteiger partial charge in [-0.05, 0) is 49.2 Å². The van der Waals surface area contributed by atoms with Crippen LogP contribution in [0.4, 0.5) is 0 Å². The van der Waals surface area contributed by atoms with Crippen LogP contribution in [0, 0.1) is 13.8 Å². The average molecular weight is 398 g/mol. The lowest BCUT2D eigenvalue weighted by molar-refractivity contribution is 0.971. The molecule has 5 rings (SSSR count). The van der Waals surface area contributed by atoms with E-state index in [1.165, 1.54) is 24.5 Å². The third kappa shape index (κ3) is 2.40. The van der Waals surface area contributed by atoms with Gasteiger partial charge >= 0.3 is 0 Å². The van der Waals surface area contributed by atoms with E-state index in [-0.39, 0.29) is 21.5 Å². The van der Waals surface area contributed by atoms with Crippen LogP contribution in [0.15, 0.2) is 68.2 Å². The van der Waals surface area contributed by atoms with Gasteiger partial charge in [0.25, 0.3) is 22.2 Å². The number of pyridine rings is 2. The maximum atomic E-state index is 13.0. The third-order valence-electron chi connectivity index (χ3n) is 5.13. The first-order valence-corrected chi connectivity index (χ1v) is 9.16. The van der Waals surface area contributed by atoms with E-state index in [2.05, 4.69) is 9.97 Å². The Morgan fingerprint density at radius 3 is 1.17 bits per heavy atom. The number of hydrogen-bond donors (Lipinski definition) is 0. The molecule has 0 radical (unpaired) electrons. The lowest BCUT2D eigenvalue weighted by atomic mass is 10.1. The second kappa shape index (κ2) is 6.15. The third-order valence-corrected chi connectivity index (χ3v) is 5.13. The lowest BCUT2D eigenvalue weighted by Crippen LogP contribution is -2.24. The predicted molar refractivity (Wildman–Crippen MR) is 113 cm³/mol. The van der Waals surface area contributed by atoms with Gasteiger partial charge in [0.2, 0.25) is 0 Å². The minimum absolute atomic E-state index is 0.0885. The summed E-state index contributed by atoms with van der Waals surface area (Å²) in [5, 5.41) is 0.354. The van der Waals surface area contributed by atoms with Gasteiger partial charge in [0.1, 0.15) is 0 Å². The van der Waals surface area contributed by atoms with Crippen molar-refractivity contribution in [3.63, 3.8) is 0 Å². The molecule has 0 N–H and O–H groups in total. The number of benzene rings is 1. The molecule has 146 valence electrons. The molecule has 5 aromatic rings. The number of aromatic nitrogens is 4. The molecular weight excluding hydrogens is 384 g/mol. The Bertz CT molecular complexity index is 1500. The van der Waals surface area contributed by atoms with Gasteiger partial charge in [0, 0.05) is 12.4 Å². The van der Waals surface area contributed by atoms with E-state index in [0.29, 0.717) is 11.4 Å². The molecule has 4 aromatic heterocycles. The average Bonchev–Trinajstić information content (AvgIpc) is 3.11. The fraction of sp³-hybridized carbons (Fsp3) is 0.0909. The van der Waals surface area contributed by atoms with Crippen molar-refractivity contribution in [3.8, 4) is 11.4 Å². The maximum absolute atomic E-state index is 13.0. The first kappa shape index (κ1) is 17.9. The van der Waals surface area contributed by atoms with Crippen LogP contribution < -0.4 is 22.2 Å². The monoisotopic (exact) mass is 398 g/mol. The summed E-state index contributed by atoms with van der Waals surface area (Å²) in [6.07, 6.45) is 6.07. The number of fused-ring (bicyclic) bond motifs is 2. The number of rotatable bonds is 2. The summed E-state index contributed by atoms with van der Waals surface area (Å²) in [6, 6.07) is 6.01. The molecule has 30 heavy (non-hydrogen) atoms. The Hall–Kier alpha value is -4.20. The molecule has 0 aliphatic rings. The van der Waals surface area contributed by atoms with Crippen molar-refractivity contribution in [3.05, 3.63) is 102 Å². The molecule has 0 unspecified atom stereocenters.